The zero-order chi connectivity index (χ0) is 20.3. The van der Waals surface area contributed by atoms with Gasteiger partial charge in [-0.3, -0.25) is 9.78 Å². The van der Waals surface area contributed by atoms with Crippen molar-refractivity contribution in [1.29, 1.82) is 0 Å². The second-order valence-corrected chi connectivity index (χ2v) is 7.46. The molecule has 30 heavy (non-hydrogen) atoms. The van der Waals surface area contributed by atoms with Crippen molar-refractivity contribution in [1.82, 2.24) is 19.9 Å². The van der Waals surface area contributed by atoms with E-state index in [0.29, 0.717) is 0 Å². The number of para-hydroxylation sites is 3. The van der Waals surface area contributed by atoms with Crippen LogP contribution in [0.2, 0.25) is 0 Å². The smallest absolute Gasteiger partial charge is 0.227 e. The Labute approximate surface area is 174 Å². The molecule has 1 aliphatic heterocycles. The van der Waals surface area contributed by atoms with Crippen LogP contribution in [-0.4, -0.2) is 38.9 Å². The molecule has 1 aliphatic rings. The second-order valence-electron chi connectivity index (χ2n) is 7.46. The summed E-state index contributed by atoms with van der Waals surface area (Å²) in [5.74, 6) is 1.65. The summed E-state index contributed by atoms with van der Waals surface area (Å²) in [4.78, 5) is 31.7. The lowest BCUT2D eigenvalue weighted by Crippen LogP contribution is -2.38. The molecule has 4 aromatic rings. The molecule has 0 aliphatic carbocycles. The fraction of sp³-hybridized carbons (Fsp3) is 0.217. The summed E-state index contributed by atoms with van der Waals surface area (Å²) in [6.45, 7) is 1.59. The fourth-order valence-corrected chi connectivity index (χ4v) is 3.94. The second kappa shape index (κ2) is 7.94. The number of fused-ring (bicyclic) bond motifs is 1. The van der Waals surface area contributed by atoms with Crippen LogP contribution in [0.4, 0.5) is 11.5 Å². The van der Waals surface area contributed by atoms with Crippen LogP contribution in [0, 0.1) is 5.92 Å². The summed E-state index contributed by atoms with van der Waals surface area (Å²) >= 11 is 0. The van der Waals surface area contributed by atoms with Crippen molar-refractivity contribution in [3.8, 4) is 11.4 Å². The highest BCUT2D eigenvalue weighted by Crippen LogP contribution is 2.29. The van der Waals surface area contributed by atoms with Crippen molar-refractivity contribution in [2.75, 3.05) is 23.3 Å². The van der Waals surface area contributed by atoms with Gasteiger partial charge in [-0.2, -0.15) is 0 Å². The first kappa shape index (κ1) is 18.3. The summed E-state index contributed by atoms with van der Waals surface area (Å²) in [5, 5.41) is 3.13. The molecule has 2 N–H and O–H groups in total. The number of aromatic amines is 1. The molecule has 0 saturated carbocycles. The van der Waals surface area contributed by atoms with Gasteiger partial charge in [-0.1, -0.05) is 24.3 Å². The predicted octanol–water partition coefficient (Wildman–Crippen LogP) is 3.88. The molecule has 0 spiro atoms. The number of carbonyl (C=O) groups is 1. The van der Waals surface area contributed by atoms with E-state index in [1.165, 1.54) is 0 Å². The van der Waals surface area contributed by atoms with Gasteiger partial charge in [-0.05, 0) is 37.1 Å². The Morgan fingerprint density at radius 3 is 2.63 bits per heavy atom. The van der Waals surface area contributed by atoms with Gasteiger partial charge in [0.05, 0.1) is 22.9 Å². The van der Waals surface area contributed by atoms with E-state index >= 15 is 0 Å². The Bertz CT molecular complexity index is 1130. The number of rotatable bonds is 4. The number of nitrogens with one attached hydrogen (secondary N) is 2. The van der Waals surface area contributed by atoms with Crippen LogP contribution < -0.4 is 10.2 Å². The molecule has 1 fully saturated rings. The predicted molar refractivity (Wildman–Crippen MR) is 117 cm³/mol. The Hall–Kier alpha value is -3.74. The third-order valence-electron chi connectivity index (χ3n) is 5.57. The maximum absolute atomic E-state index is 13.0. The van der Waals surface area contributed by atoms with Gasteiger partial charge >= 0.3 is 0 Å². The lowest BCUT2D eigenvalue weighted by molar-refractivity contribution is -0.120. The Kier molecular flexibility index (Phi) is 4.85. The van der Waals surface area contributed by atoms with E-state index in [2.05, 4.69) is 30.2 Å². The number of imidazole rings is 1. The van der Waals surface area contributed by atoms with Crippen LogP contribution in [-0.2, 0) is 4.79 Å². The highest BCUT2D eigenvalue weighted by Gasteiger charge is 2.26. The summed E-state index contributed by atoms with van der Waals surface area (Å²) in [6.07, 6.45) is 6.71. The zero-order valence-electron chi connectivity index (χ0n) is 16.5. The van der Waals surface area contributed by atoms with Crippen molar-refractivity contribution in [2.45, 2.75) is 12.8 Å². The van der Waals surface area contributed by atoms with Crippen LogP contribution in [0.5, 0.6) is 0 Å². The minimum atomic E-state index is -0.0262. The van der Waals surface area contributed by atoms with Gasteiger partial charge in [0.25, 0.3) is 0 Å². The van der Waals surface area contributed by atoms with Crippen molar-refractivity contribution < 1.29 is 4.79 Å². The molecule has 0 radical (unpaired) electrons. The molecule has 7 nitrogen and oxygen atoms in total. The number of H-pyrrole nitrogens is 1. The first-order valence-corrected chi connectivity index (χ1v) is 10.1. The largest absolute Gasteiger partial charge is 0.355 e. The third-order valence-corrected chi connectivity index (χ3v) is 5.57. The highest BCUT2D eigenvalue weighted by molar-refractivity contribution is 5.96. The number of hydrogen-bond donors (Lipinski definition) is 2. The van der Waals surface area contributed by atoms with E-state index in [9.17, 15) is 4.79 Å². The van der Waals surface area contributed by atoms with Crippen molar-refractivity contribution in [2.24, 2.45) is 5.92 Å². The molecule has 0 atom stereocenters. The molecule has 1 amide bonds. The normalized spacial score (nSPS) is 14.7. The van der Waals surface area contributed by atoms with Gasteiger partial charge in [-0.15, -0.1) is 0 Å². The number of hydrogen-bond acceptors (Lipinski definition) is 5. The Morgan fingerprint density at radius 2 is 1.83 bits per heavy atom. The average Bonchev–Trinajstić information content (AvgIpc) is 3.24. The van der Waals surface area contributed by atoms with Crippen molar-refractivity contribution in [3.63, 3.8) is 0 Å². The van der Waals surface area contributed by atoms with E-state index in [0.717, 1.165) is 59.9 Å². The van der Waals surface area contributed by atoms with Crippen molar-refractivity contribution >= 4 is 28.4 Å². The van der Waals surface area contributed by atoms with Gasteiger partial charge in [0.2, 0.25) is 5.91 Å². The van der Waals surface area contributed by atoms with E-state index in [4.69, 9.17) is 0 Å². The summed E-state index contributed by atoms with van der Waals surface area (Å²) in [6, 6.07) is 15.7. The lowest BCUT2D eigenvalue weighted by atomic mass is 9.95. The quantitative estimate of drug-likeness (QED) is 0.545. The maximum Gasteiger partial charge on any atom is 0.227 e. The van der Waals surface area contributed by atoms with E-state index < -0.39 is 0 Å². The molecular weight excluding hydrogens is 376 g/mol. The van der Waals surface area contributed by atoms with Crippen LogP contribution in [0.15, 0.2) is 67.1 Å². The van der Waals surface area contributed by atoms with Gasteiger partial charge in [-0.25, -0.2) is 9.97 Å². The average molecular weight is 398 g/mol. The van der Waals surface area contributed by atoms with Crippen LogP contribution in [0.3, 0.4) is 0 Å². The maximum atomic E-state index is 13.0. The molecule has 3 heterocycles. The number of aromatic nitrogens is 4. The molecule has 2 aromatic carbocycles. The number of piperidine rings is 1. The van der Waals surface area contributed by atoms with E-state index in [1.807, 2.05) is 48.5 Å². The molecule has 0 unspecified atom stereocenters. The van der Waals surface area contributed by atoms with Crippen molar-refractivity contribution in [3.05, 3.63) is 67.1 Å². The number of amides is 1. The minimum Gasteiger partial charge on any atom is -0.355 e. The number of carbonyl (C=O) groups excluding carboxylic acids is 1. The van der Waals surface area contributed by atoms with Gasteiger partial charge in [0.1, 0.15) is 11.6 Å². The van der Waals surface area contributed by atoms with E-state index in [-0.39, 0.29) is 11.8 Å². The summed E-state index contributed by atoms with van der Waals surface area (Å²) in [5.41, 5.74) is 3.55. The van der Waals surface area contributed by atoms with Gasteiger partial charge in [0, 0.05) is 37.0 Å². The van der Waals surface area contributed by atoms with Crippen LogP contribution in [0.25, 0.3) is 22.4 Å². The SMILES string of the molecule is O=C(Nc1ccccc1-c1nc2ccccc2[nH]1)C1CCN(c2cnccn2)CC1. The molecule has 150 valence electrons. The minimum absolute atomic E-state index is 0.0262. The molecule has 0 bridgehead atoms. The van der Waals surface area contributed by atoms with Gasteiger partial charge in [0.15, 0.2) is 0 Å². The lowest BCUT2D eigenvalue weighted by Gasteiger charge is -2.31. The highest BCUT2D eigenvalue weighted by atomic mass is 16.1. The standard InChI is InChI=1S/C23H22N6O/c30-23(16-9-13-29(14-10-16)21-15-24-11-12-25-21)28-18-6-2-1-5-17(18)22-26-19-7-3-4-8-20(19)27-22/h1-8,11-12,15-16H,9-10,13-14H2,(H,26,27)(H,28,30). The molecule has 2 aromatic heterocycles. The van der Waals surface area contributed by atoms with E-state index in [1.54, 1.807) is 18.6 Å². The summed E-state index contributed by atoms with van der Waals surface area (Å²) < 4.78 is 0. The fourth-order valence-electron chi connectivity index (χ4n) is 3.94. The number of benzene rings is 2. The number of nitrogens with zero attached hydrogens (tertiary/aromatic N) is 4. The Balaban J connectivity index is 1.30. The topological polar surface area (TPSA) is 86.8 Å². The van der Waals surface area contributed by atoms with Crippen LogP contribution >= 0.6 is 0 Å². The summed E-state index contributed by atoms with van der Waals surface area (Å²) in [7, 11) is 0. The third kappa shape index (κ3) is 3.61. The monoisotopic (exact) mass is 398 g/mol. The van der Waals surface area contributed by atoms with Gasteiger partial charge < -0.3 is 15.2 Å². The first-order chi connectivity index (χ1) is 14.8. The first-order valence-electron chi connectivity index (χ1n) is 10.1. The zero-order valence-corrected chi connectivity index (χ0v) is 16.5. The van der Waals surface area contributed by atoms with Crippen LogP contribution in [0.1, 0.15) is 12.8 Å². The molecule has 1 saturated heterocycles. The Morgan fingerprint density at radius 1 is 1.03 bits per heavy atom. The molecule has 7 heteroatoms. The number of anilines is 2. The molecular formula is C23H22N6O. The molecule has 5 rings (SSSR count).